The summed E-state index contributed by atoms with van der Waals surface area (Å²) in [6, 6.07) is 8.29. The van der Waals surface area contributed by atoms with Crippen molar-refractivity contribution in [2.75, 3.05) is 35.9 Å². The van der Waals surface area contributed by atoms with Gasteiger partial charge in [0.15, 0.2) is 0 Å². The molecule has 5 nitrogen and oxygen atoms in total. The lowest BCUT2D eigenvalue weighted by Gasteiger charge is -2.30. The highest BCUT2D eigenvalue weighted by Crippen LogP contribution is 2.33. The van der Waals surface area contributed by atoms with E-state index in [-0.39, 0.29) is 5.69 Å². The summed E-state index contributed by atoms with van der Waals surface area (Å²) in [6.07, 6.45) is -4.64. The van der Waals surface area contributed by atoms with Crippen molar-refractivity contribution < 1.29 is 26.3 Å². The van der Waals surface area contributed by atoms with Crippen LogP contribution in [0.3, 0.4) is 0 Å². The maximum atomic E-state index is 12.9. The third-order valence-corrected chi connectivity index (χ3v) is 5.62. The number of alkyl halides is 3. The number of hydrogen-bond acceptors (Lipinski definition) is 4. The molecule has 1 aliphatic rings. The van der Waals surface area contributed by atoms with Gasteiger partial charge in [-0.3, -0.25) is 4.72 Å². The quantitative estimate of drug-likeness (QED) is 0.812. The van der Waals surface area contributed by atoms with Gasteiger partial charge in [0.2, 0.25) is 0 Å². The van der Waals surface area contributed by atoms with Gasteiger partial charge < -0.3 is 9.64 Å². The van der Waals surface area contributed by atoms with Crippen LogP contribution in [0.5, 0.6) is 0 Å². The average molecular weight is 421 g/mol. The van der Waals surface area contributed by atoms with Gasteiger partial charge in [0, 0.05) is 18.1 Å². The summed E-state index contributed by atoms with van der Waals surface area (Å²) < 4.78 is 71.6. The Morgan fingerprint density at radius 3 is 2.44 bits per heavy atom. The van der Waals surface area contributed by atoms with Gasteiger partial charge in [-0.05, 0) is 36.4 Å². The number of nitrogens with zero attached hydrogens (tertiary/aromatic N) is 1. The topological polar surface area (TPSA) is 58.6 Å². The Balaban J connectivity index is 1.95. The summed E-state index contributed by atoms with van der Waals surface area (Å²) in [5.41, 5.74) is -0.259. The third kappa shape index (κ3) is 4.66. The first kappa shape index (κ1) is 19.8. The first-order valence-electron chi connectivity index (χ1n) is 7.99. The van der Waals surface area contributed by atoms with Gasteiger partial charge in [-0.25, -0.2) is 8.42 Å². The second-order valence-corrected chi connectivity index (χ2v) is 8.01. The van der Waals surface area contributed by atoms with Gasteiger partial charge in [0.1, 0.15) is 0 Å². The molecule has 0 atom stereocenters. The maximum absolute atomic E-state index is 12.9. The van der Waals surface area contributed by atoms with Crippen LogP contribution in [0.25, 0.3) is 0 Å². The zero-order valence-electron chi connectivity index (χ0n) is 14.0. The molecule has 0 radical (unpaired) electrons. The summed E-state index contributed by atoms with van der Waals surface area (Å²) in [7, 11) is -4.24. The number of anilines is 2. The van der Waals surface area contributed by atoms with E-state index in [1.165, 1.54) is 6.07 Å². The van der Waals surface area contributed by atoms with E-state index < -0.39 is 26.7 Å². The second kappa shape index (κ2) is 7.57. The molecule has 1 saturated heterocycles. The zero-order chi connectivity index (χ0) is 19.7. The van der Waals surface area contributed by atoms with Crippen molar-refractivity contribution in [2.45, 2.75) is 11.1 Å². The first-order valence-corrected chi connectivity index (χ1v) is 9.85. The van der Waals surface area contributed by atoms with Crippen molar-refractivity contribution in [3.05, 3.63) is 53.1 Å². The maximum Gasteiger partial charge on any atom is 0.416 e. The van der Waals surface area contributed by atoms with Crippen LogP contribution in [0.4, 0.5) is 24.5 Å². The van der Waals surface area contributed by atoms with Gasteiger partial charge in [-0.15, -0.1) is 0 Å². The second-order valence-electron chi connectivity index (χ2n) is 5.89. The molecule has 0 unspecified atom stereocenters. The molecule has 0 saturated carbocycles. The normalized spacial score (nSPS) is 15.6. The number of benzene rings is 2. The Kier molecular flexibility index (Phi) is 5.55. The molecule has 2 aromatic carbocycles. The monoisotopic (exact) mass is 420 g/mol. The lowest BCUT2D eigenvalue weighted by Crippen LogP contribution is -2.36. The Bertz CT molecular complexity index is 929. The summed E-state index contributed by atoms with van der Waals surface area (Å²) in [5.74, 6) is 0. The SMILES string of the molecule is O=S(=O)(Nc1cc(Cl)ccc1N1CCOCC1)c1cccc(C(F)(F)F)c1. The molecule has 0 bridgehead atoms. The number of morpholine rings is 1. The molecule has 1 aliphatic heterocycles. The van der Waals surface area contributed by atoms with E-state index in [9.17, 15) is 21.6 Å². The highest BCUT2D eigenvalue weighted by atomic mass is 35.5. The number of rotatable bonds is 4. The predicted molar refractivity (Wildman–Crippen MR) is 96.7 cm³/mol. The van der Waals surface area contributed by atoms with E-state index in [0.717, 1.165) is 18.2 Å². The molecular formula is C17H16ClF3N2O3S. The minimum atomic E-state index is -4.64. The minimum absolute atomic E-state index is 0.196. The largest absolute Gasteiger partial charge is 0.416 e. The highest BCUT2D eigenvalue weighted by Gasteiger charge is 2.32. The van der Waals surface area contributed by atoms with E-state index in [4.69, 9.17) is 16.3 Å². The van der Waals surface area contributed by atoms with Crippen molar-refractivity contribution in [1.29, 1.82) is 0 Å². The van der Waals surface area contributed by atoms with Crippen molar-refractivity contribution in [1.82, 2.24) is 0 Å². The van der Waals surface area contributed by atoms with E-state index in [1.54, 1.807) is 12.1 Å². The predicted octanol–water partition coefficient (Wildman–Crippen LogP) is 4.00. The fourth-order valence-electron chi connectivity index (χ4n) is 2.71. The van der Waals surface area contributed by atoms with E-state index >= 15 is 0 Å². The Morgan fingerprint density at radius 1 is 1.07 bits per heavy atom. The van der Waals surface area contributed by atoms with Crippen LogP contribution < -0.4 is 9.62 Å². The van der Waals surface area contributed by atoms with Crippen molar-refractivity contribution in [2.24, 2.45) is 0 Å². The zero-order valence-corrected chi connectivity index (χ0v) is 15.5. The van der Waals surface area contributed by atoms with Crippen molar-refractivity contribution >= 4 is 33.0 Å². The molecule has 0 amide bonds. The van der Waals surface area contributed by atoms with Gasteiger partial charge in [0.05, 0.1) is 35.0 Å². The molecule has 0 aromatic heterocycles. The molecule has 1 fully saturated rings. The standard InChI is InChI=1S/C17H16ClF3N2O3S/c18-13-4-5-16(23-6-8-26-9-7-23)15(11-13)22-27(24,25)14-3-1-2-12(10-14)17(19,20)21/h1-5,10-11,22H,6-9H2. The Morgan fingerprint density at radius 2 is 1.78 bits per heavy atom. The molecule has 3 rings (SSSR count). The van der Waals surface area contributed by atoms with Crippen LogP contribution >= 0.6 is 11.6 Å². The van der Waals surface area contributed by atoms with Crippen molar-refractivity contribution in [3.63, 3.8) is 0 Å². The first-order chi connectivity index (χ1) is 12.7. The lowest BCUT2D eigenvalue weighted by molar-refractivity contribution is -0.137. The molecule has 27 heavy (non-hydrogen) atoms. The third-order valence-electron chi connectivity index (χ3n) is 4.03. The van der Waals surface area contributed by atoms with Crippen LogP contribution in [-0.4, -0.2) is 34.7 Å². The van der Waals surface area contributed by atoms with E-state index in [0.29, 0.717) is 43.1 Å². The average Bonchev–Trinajstić information content (AvgIpc) is 2.62. The highest BCUT2D eigenvalue weighted by molar-refractivity contribution is 7.92. The fourth-order valence-corrected chi connectivity index (χ4v) is 4.00. The number of nitrogens with one attached hydrogen (secondary N) is 1. The van der Waals surface area contributed by atoms with Gasteiger partial charge in [-0.1, -0.05) is 17.7 Å². The minimum Gasteiger partial charge on any atom is -0.378 e. The van der Waals surface area contributed by atoms with Gasteiger partial charge in [-0.2, -0.15) is 13.2 Å². The molecule has 146 valence electrons. The Labute approximate surface area is 159 Å². The van der Waals surface area contributed by atoms with Gasteiger partial charge >= 0.3 is 6.18 Å². The summed E-state index contributed by atoms with van der Waals surface area (Å²) in [5, 5.41) is 0.300. The van der Waals surface area contributed by atoms with E-state index in [2.05, 4.69) is 4.72 Å². The molecule has 0 spiro atoms. The van der Waals surface area contributed by atoms with Crippen LogP contribution in [0.1, 0.15) is 5.56 Å². The summed E-state index contributed by atoms with van der Waals surface area (Å²) in [6.45, 7) is 2.09. The van der Waals surface area contributed by atoms with Gasteiger partial charge in [0.25, 0.3) is 10.0 Å². The number of ether oxygens (including phenoxy) is 1. The smallest absolute Gasteiger partial charge is 0.378 e. The fraction of sp³-hybridized carbons (Fsp3) is 0.294. The number of hydrogen-bond donors (Lipinski definition) is 1. The number of sulfonamides is 1. The van der Waals surface area contributed by atoms with Crippen LogP contribution in [0, 0.1) is 0 Å². The molecule has 1 heterocycles. The molecule has 2 aromatic rings. The van der Waals surface area contributed by atoms with Crippen LogP contribution in [-0.2, 0) is 20.9 Å². The van der Waals surface area contributed by atoms with E-state index in [1.807, 2.05) is 4.90 Å². The number of halogens is 4. The van der Waals surface area contributed by atoms with Crippen LogP contribution in [0.2, 0.25) is 5.02 Å². The Hall–Kier alpha value is -1.97. The molecule has 0 aliphatic carbocycles. The summed E-state index contributed by atoms with van der Waals surface area (Å²) in [4.78, 5) is 1.44. The van der Waals surface area contributed by atoms with Crippen LogP contribution in [0.15, 0.2) is 47.4 Å². The molecule has 10 heteroatoms. The molecular weight excluding hydrogens is 405 g/mol. The summed E-state index contributed by atoms with van der Waals surface area (Å²) >= 11 is 5.99. The van der Waals surface area contributed by atoms with Crippen molar-refractivity contribution in [3.8, 4) is 0 Å². The molecule has 1 N–H and O–H groups in total. The lowest BCUT2D eigenvalue weighted by atomic mass is 10.2.